The number of rotatable bonds is 0. The van der Waals surface area contributed by atoms with E-state index in [1.165, 1.54) is 0 Å². The summed E-state index contributed by atoms with van der Waals surface area (Å²) in [5.74, 6) is 0. The molecular formula is C7H12N2. The van der Waals surface area contributed by atoms with Crippen LogP contribution in [0.4, 0.5) is 0 Å². The molecule has 2 nitrogen and oxygen atoms in total. The third-order valence-electron chi connectivity index (χ3n) is 1.78. The van der Waals surface area contributed by atoms with Crippen LogP contribution >= 0.6 is 0 Å². The second-order valence-corrected chi connectivity index (χ2v) is 3.25. The fourth-order valence-electron chi connectivity index (χ4n) is 1.22. The van der Waals surface area contributed by atoms with Gasteiger partial charge in [-0.1, -0.05) is 0 Å². The molecule has 0 amide bonds. The number of hydrogen-bond acceptors (Lipinski definition) is 2. The van der Waals surface area contributed by atoms with Crippen LogP contribution in [-0.2, 0) is 0 Å². The molecule has 0 bridgehead atoms. The van der Waals surface area contributed by atoms with Crippen molar-refractivity contribution in [3.63, 3.8) is 0 Å². The molecule has 1 rings (SSSR count). The first-order valence-corrected chi connectivity index (χ1v) is 3.31. The molecule has 1 saturated heterocycles. The maximum Gasteiger partial charge on any atom is 0.0957 e. The molecule has 0 unspecified atom stereocenters. The molecule has 1 N–H and O–H groups in total. The zero-order chi connectivity index (χ0) is 6.91. The van der Waals surface area contributed by atoms with E-state index in [0.717, 1.165) is 12.8 Å². The maximum absolute atomic E-state index is 8.49. The zero-order valence-electron chi connectivity index (χ0n) is 5.94. The number of nitriles is 1. The van der Waals surface area contributed by atoms with Crippen molar-refractivity contribution >= 4 is 0 Å². The highest BCUT2D eigenvalue weighted by Gasteiger charge is 2.29. The Labute approximate surface area is 55.9 Å². The number of nitrogens with one attached hydrogen (secondary N) is 1. The Morgan fingerprint density at radius 1 is 1.67 bits per heavy atom. The van der Waals surface area contributed by atoms with Crippen LogP contribution in [0.1, 0.15) is 26.7 Å². The van der Waals surface area contributed by atoms with Gasteiger partial charge in [-0.3, -0.25) is 5.32 Å². The van der Waals surface area contributed by atoms with Crippen molar-refractivity contribution in [2.45, 2.75) is 38.3 Å². The summed E-state index contributed by atoms with van der Waals surface area (Å²) in [6.07, 6.45) is 2.12. The summed E-state index contributed by atoms with van der Waals surface area (Å²) in [6.45, 7) is 4.26. The molecule has 2 heteroatoms. The second-order valence-electron chi connectivity index (χ2n) is 3.25. The van der Waals surface area contributed by atoms with Crippen LogP contribution in [0.5, 0.6) is 0 Å². The van der Waals surface area contributed by atoms with Crippen LogP contribution in [0, 0.1) is 11.3 Å². The number of hydrogen-bond donors (Lipinski definition) is 1. The predicted molar refractivity (Wildman–Crippen MR) is 35.8 cm³/mol. The lowest BCUT2D eigenvalue weighted by atomic mass is 10.0. The molecule has 0 radical (unpaired) electrons. The molecule has 0 aromatic heterocycles. The highest BCUT2D eigenvalue weighted by molar-refractivity contribution is 5.01. The van der Waals surface area contributed by atoms with Crippen LogP contribution in [-0.4, -0.2) is 11.6 Å². The SMILES string of the molecule is CC1(C)CC[C@@H](C#N)N1. The monoisotopic (exact) mass is 124 g/mol. The van der Waals surface area contributed by atoms with E-state index in [9.17, 15) is 0 Å². The summed E-state index contributed by atoms with van der Waals surface area (Å²) in [6, 6.07) is 2.31. The average molecular weight is 124 g/mol. The van der Waals surface area contributed by atoms with E-state index in [1.807, 2.05) is 0 Å². The van der Waals surface area contributed by atoms with Gasteiger partial charge in [-0.15, -0.1) is 0 Å². The quantitative estimate of drug-likeness (QED) is 0.523. The normalized spacial score (nSPS) is 31.9. The van der Waals surface area contributed by atoms with Gasteiger partial charge in [-0.25, -0.2) is 0 Å². The summed E-state index contributed by atoms with van der Waals surface area (Å²) >= 11 is 0. The third kappa shape index (κ3) is 1.43. The number of nitrogens with zero attached hydrogens (tertiary/aromatic N) is 1. The van der Waals surface area contributed by atoms with Crippen molar-refractivity contribution < 1.29 is 0 Å². The van der Waals surface area contributed by atoms with Crippen molar-refractivity contribution in [2.75, 3.05) is 0 Å². The fraction of sp³-hybridized carbons (Fsp3) is 0.857. The first-order valence-electron chi connectivity index (χ1n) is 3.31. The molecule has 1 atom stereocenters. The average Bonchev–Trinajstić information content (AvgIpc) is 2.10. The van der Waals surface area contributed by atoms with Crippen molar-refractivity contribution in [3.8, 4) is 6.07 Å². The van der Waals surface area contributed by atoms with Crippen LogP contribution in [0.3, 0.4) is 0 Å². The summed E-state index contributed by atoms with van der Waals surface area (Å²) in [7, 11) is 0. The van der Waals surface area contributed by atoms with Gasteiger partial charge >= 0.3 is 0 Å². The zero-order valence-corrected chi connectivity index (χ0v) is 5.94. The first-order chi connectivity index (χ1) is 4.14. The molecular weight excluding hydrogens is 112 g/mol. The molecule has 0 spiro atoms. The van der Waals surface area contributed by atoms with E-state index in [0.29, 0.717) is 0 Å². The van der Waals surface area contributed by atoms with Crippen LogP contribution < -0.4 is 5.32 Å². The van der Waals surface area contributed by atoms with Crippen molar-refractivity contribution in [2.24, 2.45) is 0 Å². The topological polar surface area (TPSA) is 35.8 Å². The minimum absolute atomic E-state index is 0.0972. The molecule has 0 aromatic rings. The summed E-state index contributed by atoms with van der Waals surface area (Å²) in [5, 5.41) is 11.7. The van der Waals surface area contributed by atoms with Gasteiger partial charge in [0.1, 0.15) is 0 Å². The van der Waals surface area contributed by atoms with Gasteiger partial charge < -0.3 is 0 Å². The Morgan fingerprint density at radius 3 is 2.56 bits per heavy atom. The Bertz CT molecular complexity index is 143. The van der Waals surface area contributed by atoms with E-state index >= 15 is 0 Å². The van der Waals surface area contributed by atoms with Gasteiger partial charge in [0.2, 0.25) is 0 Å². The molecule has 0 aliphatic carbocycles. The summed E-state index contributed by atoms with van der Waals surface area (Å²) in [4.78, 5) is 0. The molecule has 9 heavy (non-hydrogen) atoms. The molecule has 1 fully saturated rings. The largest absolute Gasteiger partial charge is 0.297 e. The Balaban J connectivity index is 2.50. The predicted octanol–water partition coefficient (Wildman–Crippen LogP) is 1.04. The highest BCUT2D eigenvalue weighted by Crippen LogP contribution is 2.21. The van der Waals surface area contributed by atoms with Crippen LogP contribution in [0.2, 0.25) is 0 Å². The standard InChI is InChI=1S/C7H12N2/c1-7(2)4-3-6(5-8)9-7/h6,9H,3-4H2,1-2H3/t6-/m0/s1. The molecule has 0 saturated carbocycles. The van der Waals surface area contributed by atoms with E-state index in [4.69, 9.17) is 5.26 Å². The van der Waals surface area contributed by atoms with Crippen molar-refractivity contribution in [3.05, 3.63) is 0 Å². The summed E-state index contributed by atoms with van der Waals surface area (Å²) < 4.78 is 0. The smallest absolute Gasteiger partial charge is 0.0957 e. The Kier molecular flexibility index (Phi) is 1.46. The Morgan fingerprint density at radius 2 is 2.33 bits per heavy atom. The molecule has 0 aromatic carbocycles. The Hall–Kier alpha value is -0.550. The van der Waals surface area contributed by atoms with Gasteiger partial charge in [0, 0.05) is 5.54 Å². The van der Waals surface area contributed by atoms with Gasteiger partial charge in [0.15, 0.2) is 0 Å². The molecule has 1 heterocycles. The van der Waals surface area contributed by atoms with Crippen molar-refractivity contribution in [1.29, 1.82) is 5.26 Å². The van der Waals surface area contributed by atoms with Gasteiger partial charge in [0.25, 0.3) is 0 Å². The van der Waals surface area contributed by atoms with Crippen molar-refractivity contribution in [1.82, 2.24) is 5.32 Å². The lowest BCUT2D eigenvalue weighted by Gasteiger charge is -2.16. The summed E-state index contributed by atoms with van der Waals surface area (Å²) in [5.41, 5.74) is 0.195. The minimum Gasteiger partial charge on any atom is -0.297 e. The van der Waals surface area contributed by atoms with Crippen LogP contribution in [0.15, 0.2) is 0 Å². The second kappa shape index (κ2) is 2.00. The van der Waals surface area contributed by atoms with Gasteiger partial charge in [-0.05, 0) is 26.7 Å². The maximum atomic E-state index is 8.49. The highest BCUT2D eigenvalue weighted by atomic mass is 15.0. The molecule has 1 aliphatic heterocycles. The molecule has 1 aliphatic rings. The fourth-order valence-corrected chi connectivity index (χ4v) is 1.22. The lowest BCUT2D eigenvalue weighted by molar-refractivity contribution is 0.448. The van der Waals surface area contributed by atoms with E-state index in [2.05, 4.69) is 25.2 Å². The van der Waals surface area contributed by atoms with Gasteiger partial charge in [-0.2, -0.15) is 5.26 Å². The van der Waals surface area contributed by atoms with E-state index in [1.54, 1.807) is 0 Å². The van der Waals surface area contributed by atoms with Crippen LogP contribution in [0.25, 0.3) is 0 Å². The van der Waals surface area contributed by atoms with Gasteiger partial charge in [0.05, 0.1) is 12.1 Å². The third-order valence-corrected chi connectivity index (χ3v) is 1.78. The minimum atomic E-state index is 0.0972. The first kappa shape index (κ1) is 6.57. The molecule has 50 valence electrons. The van der Waals surface area contributed by atoms with E-state index < -0.39 is 0 Å². The van der Waals surface area contributed by atoms with E-state index in [-0.39, 0.29) is 11.6 Å². The lowest BCUT2D eigenvalue weighted by Crippen LogP contribution is -2.36.